The molecule has 1 rings (SSSR count). The van der Waals surface area contributed by atoms with Crippen molar-refractivity contribution >= 4 is 34.8 Å². The largest absolute Gasteiger partial charge is 0.271 e. The molecule has 0 saturated heterocycles. The maximum atomic E-state index is 6.10. The zero-order valence-electron chi connectivity index (χ0n) is 8.23. The van der Waals surface area contributed by atoms with Crippen LogP contribution in [0.25, 0.3) is 0 Å². The normalized spacial score (nSPS) is 11.3. The van der Waals surface area contributed by atoms with Gasteiger partial charge >= 0.3 is 0 Å². The summed E-state index contributed by atoms with van der Waals surface area (Å²) in [6, 6.07) is 0. The monoisotopic (exact) mass is 254 g/mol. The van der Waals surface area contributed by atoms with E-state index >= 15 is 0 Å². The van der Waals surface area contributed by atoms with Crippen molar-refractivity contribution in [2.24, 2.45) is 13.0 Å². The van der Waals surface area contributed by atoms with E-state index in [9.17, 15) is 0 Å². The lowest BCUT2D eigenvalue weighted by Gasteiger charge is -2.10. The predicted octanol–water partition coefficient (Wildman–Crippen LogP) is 3.02. The minimum absolute atomic E-state index is 0.255. The molecule has 0 aliphatic rings. The molecule has 0 radical (unpaired) electrons. The van der Waals surface area contributed by atoms with E-state index in [2.05, 4.69) is 5.10 Å². The number of rotatable bonds is 4. The second-order valence-electron chi connectivity index (χ2n) is 3.35. The highest BCUT2D eigenvalue weighted by atomic mass is 35.5. The highest BCUT2D eigenvalue weighted by Crippen LogP contribution is 2.23. The average molecular weight is 256 g/mol. The van der Waals surface area contributed by atoms with Crippen molar-refractivity contribution in [3.8, 4) is 0 Å². The molecule has 0 fully saturated rings. The fourth-order valence-corrected chi connectivity index (χ4v) is 2.11. The minimum Gasteiger partial charge on any atom is -0.271 e. The van der Waals surface area contributed by atoms with Gasteiger partial charge in [-0.25, -0.2) is 0 Å². The van der Waals surface area contributed by atoms with E-state index in [1.807, 2.05) is 14.0 Å². The summed E-state index contributed by atoms with van der Waals surface area (Å²) in [7, 11) is 1.88. The van der Waals surface area contributed by atoms with Crippen LogP contribution in [0, 0.1) is 12.8 Å². The third-order valence-electron chi connectivity index (χ3n) is 2.18. The lowest BCUT2D eigenvalue weighted by Crippen LogP contribution is -2.11. The van der Waals surface area contributed by atoms with Crippen LogP contribution < -0.4 is 0 Å². The Labute approximate surface area is 99.1 Å². The van der Waals surface area contributed by atoms with Crippen molar-refractivity contribution < 1.29 is 0 Å². The van der Waals surface area contributed by atoms with Gasteiger partial charge in [0.15, 0.2) is 0 Å². The highest BCUT2D eigenvalue weighted by Gasteiger charge is 2.15. The first-order valence-electron chi connectivity index (χ1n) is 4.40. The van der Waals surface area contributed by atoms with Crippen molar-refractivity contribution in [1.29, 1.82) is 0 Å². The topological polar surface area (TPSA) is 17.8 Å². The van der Waals surface area contributed by atoms with Gasteiger partial charge in [-0.3, -0.25) is 4.68 Å². The molecule has 0 saturated carbocycles. The fourth-order valence-electron chi connectivity index (χ4n) is 1.33. The Morgan fingerprint density at radius 2 is 1.93 bits per heavy atom. The van der Waals surface area contributed by atoms with Crippen molar-refractivity contribution in [2.75, 3.05) is 11.8 Å². The lowest BCUT2D eigenvalue weighted by molar-refractivity contribution is 0.604. The van der Waals surface area contributed by atoms with Crippen LogP contribution in [-0.2, 0) is 13.5 Å². The molecular weight excluding hydrogens is 242 g/mol. The van der Waals surface area contributed by atoms with E-state index in [1.165, 1.54) is 0 Å². The van der Waals surface area contributed by atoms with Crippen LogP contribution >= 0.6 is 34.8 Å². The van der Waals surface area contributed by atoms with Crippen LogP contribution in [0.15, 0.2) is 0 Å². The summed E-state index contributed by atoms with van der Waals surface area (Å²) in [5.74, 6) is 1.35. The standard InChI is InChI=1S/C9H13Cl3N2/c1-6-9(12)8(14(2)13-6)3-7(4-10)5-11/h7H,3-5H2,1-2H3. The number of halogens is 3. The molecule has 0 atom stereocenters. The second kappa shape index (κ2) is 5.24. The van der Waals surface area contributed by atoms with E-state index in [1.54, 1.807) is 4.68 Å². The molecule has 2 nitrogen and oxygen atoms in total. The quantitative estimate of drug-likeness (QED) is 0.756. The van der Waals surface area contributed by atoms with Crippen molar-refractivity contribution in [2.45, 2.75) is 13.3 Å². The minimum atomic E-state index is 0.255. The average Bonchev–Trinajstić information content (AvgIpc) is 2.40. The van der Waals surface area contributed by atoms with Gasteiger partial charge in [-0.15, -0.1) is 23.2 Å². The summed E-state index contributed by atoms with van der Waals surface area (Å²) in [5, 5.41) is 4.96. The molecular formula is C9H13Cl3N2. The van der Waals surface area contributed by atoms with E-state index in [0.717, 1.165) is 22.8 Å². The van der Waals surface area contributed by atoms with Crippen LogP contribution in [0.4, 0.5) is 0 Å². The first kappa shape index (κ1) is 12.2. The molecule has 14 heavy (non-hydrogen) atoms. The first-order chi connectivity index (χ1) is 6.60. The Morgan fingerprint density at radius 1 is 1.36 bits per heavy atom. The third-order valence-corrected chi connectivity index (χ3v) is 3.54. The van der Waals surface area contributed by atoms with Gasteiger partial charge in [0.2, 0.25) is 0 Å². The fraction of sp³-hybridized carbons (Fsp3) is 0.667. The van der Waals surface area contributed by atoms with Gasteiger partial charge in [-0.2, -0.15) is 5.10 Å². The Morgan fingerprint density at radius 3 is 2.29 bits per heavy atom. The number of hydrogen-bond acceptors (Lipinski definition) is 1. The molecule has 0 unspecified atom stereocenters. The third kappa shape index (κ3) is 2.56. The summed E-state index contributed by atoms with van der Waals surface area (Å²) in [6.45, 7) is 1.89. The highest BCUT2D eigenvalue weighted by molar-refractivity contribution is 6.31. The molecule has 80 valence electrons. The van der Waals surface area contributed by atoms with E-state index in [4.69, 9.17) is 34.8 Å². The maximum Gasteiger partial charge on any atom is 0.0847 e. The Kier molecular flexibility index (Phi) is 4.55. The van der Waals surface area contributed by atoms with E-state index in [0.29, 0.717) is 11.8 Å². The molecule has 0 amide bonds. The van der Waals surface area contributed by atoms with Crippen LogP contribution in [0.3, 0.4) is 0 Å². The summed E-state index contributed by atoms with van der Waals surface area (Å²) in [5.41, 5.74) is 1.86. The molecule has 0 aliphatic carbocycles. The number of aryl methyl sites for hydroxylation is 2. The lowest BCUT2D eigenvalue weighted by atomic mass is 10.1. The number of aromatic nitrogens is 2. The summed E-state index contributed by atoms with van der Waals surface area (Å²) in [4.78, 5) is 0. The SMILES string of the molecule is Cc1nn(C)c(CC(CCl)CCl)c1Cl. The van der Waals surface area contributed by atoms with Gasteiger partial charge in [0.05, 0.1) is 16.4 Å². The van der Waals surface area contributed by atoms with Crippen molar-refractivity contribution in [3.63, 3.8) is 0 Å². The summed E-state index contributed by atoms with van der Waals surface area (Å²) < 4.78 is 1.80. The molecule has 1 aromatic heterocycles. The van der Waals surface area contributed by atoms with Crippen molar-refractivity contribution in [3.05, 3.63) is 16.4 Å². The van der Waals surface area contributed by atoms with Crippen molar-refractivity contribution in [1.82, 2.24) is 9.78 Å². The summed E-state index contributed by atoms with van der Waals surface area (Å²) >= 11 is 17.6. The Bertz CT molecular complexity index is 305. The number of alkyl halides is 2. The second-order valence-corrected chi connectivity index (χ2v) is 4.34. The van der Waals surface area contributed by atoms with Gasteiger partial charge in [0.25, 0.3) is 0 Å². The molecule has 0 aromatic carbocycles. The molecule has 1 aromatic rings. The van der Waals surface area contributed by atoms with Gasteiger partial charge in [0, 0.05) is 18.8 Å². The first-order valence-corrected chi connectivity index (χ1v) is 5.84. The molecule has 0 N–H and O–H groups in total. The van der Waals surface area contributed by atoms with Gasteiger partial charge in [-0.05, 0) is 19.3 Å². The Hall–Kier alpha value is 0.0800. The maximum absolute atomic E-state index is 6.10. The molecule has 5 heteroatoms. The van der Waals surface area contributed by atoms with E-state index < -0.39 is 0 Å². The number of nitrogens with zero attached hydrogens (tertiary/aromatic N) is 2. The Balaban J connectivity index is 2.84. The van der Waals surface area contributed by atoms with Crippen LogP contribution in [0.1, 0.15) is 11.4 Å². The van der Waals surface area contributed by atoms with Crippen LogP contribution in [0.2, 0.25) is 5.02 Å². The molecule has 0 bridgehead atoms. The van der Waals surface area contributed by atoms with E-state index in [-0.39, 0.29) is 5.92 Å². The van der Waals surface area contributed by atoms with Gasteiger partial charge in [0.1, 0.15) is 0 Å². The zero-order chi connectivity index (χ0) is 10.7. The van der Waals surface area contributed by atoms with Gasteiger partial charge < -0.3 is 0 Å². The van der Waals surface area contributed by atoms with Gasteiger partial charge in [-0.1, -0.05) is 11.6 Å². The molecule has 1 heterocycles. The van der Waals surface area contributed by atoms with Crippen LogP contribution in [-0.4, -0.2) is 21.5 Å². The molecule has 0 spiro atoms. The number of hydrogen-bond donors (Lipinski definition) is 0. The van der Waals surface area contributed by atoms with Crippen LogP contribution in [0.5, 0.6) is 0 Å². The summed E-state index contributed by atoms with van der Waals surface area (Å²) in [6.07, 6.45) is 0.781. The zero-order valence-corrected chi connectivity index (χ0v) is 10.5. The molecule has 0 aliphatic heterocycles. The predicted molar refractivity (Wildman–Crippen MR) is 61.6 cm³/mol. The smallest absolute Gasteiger partial charge is 0.0847 e.